The largest absolute Gasteiger partial charge is 0.503 e. The number of anilines is 1. The third kappa shape index (κ3) is 3.42. The van der Waals surface area contributed by atoms with Crippen LogP contribution in [0.15, 0.2) is 65.2 Å². The molecule has 3 heterocycles. The number of Topliss-reactive ketones (excluding diaryl/α,β-unsaturated/α-hetero) is 1. The quantitative estimate of drug-likeness (QED) is 0.370. The van der Waals surface area contributed by atoms with Crippen molar-refractivity contribution < 1.29 is 19.4 Å². The number of carbonyl (C=O) groups excluding carboxylic acids is 2. The summed E-state index contributed by atoms with van der Waals surface area (Å²) in [5, 5.41) is 13.1. The molecule has 1 aliphatic heterocycles. The summed E-state index contributed by atoms with van der Waals surface area (Å²) in [5.74, 6) is -1.09. The van der Waals surface area contributed by atoms with E-state index in [2.05, 4.69) is 0 Å². The van der Waals surface area contributed by atoms with Gasteiger partial charge in [0.2, 0.25) is 5.78 Å². The van der Waals surface area contributed by atoms with Crippen LogP contribution in [0.2, 0.25) is 0 Å². The number of nitrogens with zero attached hydrogens (tertiary/aromatic N) is 2. The lowest BCUT2D eigenvalue weighted by Crippen LogP contribution is -2.31. The molecule has 1 atom stereocenters. The summed E-state index contributed by atoms with van der Waals surface area (Å²) in [7, 11) is 1.54. The normalized spacial score (nSPS) is 16.2. The van der Waals surface area contributed by atoms with Crippen LogP contribution in [0, 0.1) is 13.8 Å². The van der Waals surface area contributed by atoms with Gasteiger partial charge >= 0.3 is 0 Å². The SMILES string of the molecule is COc1ccccc1C1C(C(=O)c2cccs2)=C(O)C(=O)N1c1nc2c(C)cc(C)cc2s1. The maximum Gasteiger partial charge on any atom is 0.296 e. The lowest BCUT2D eigenvalue weighted by Gasteiger charge is -2.25. The Kier molecular flexibility index (Phi) is 5.26. The van der Waals surface area contributed by atoms with Gasteiger partial charge in [-0.2, -0.15) is 0 Å². The van der Waals surface area contributed by atoms with Crippen molar-refractivity contribution in [3.05, 3.63) is 86.8 Å². The van der Waals surface area contributed by atoms with Crippen molar-refractivity contribution in [1.29, 1.82) is 0 Å². The third-order valence-electron chi connectivity index (χ3n) is 5.66. The summed E-state index contributed by atoms with van der Waals surface area (Å²) in [5.41, 5.74) is 3.52. The van der Waals surface area contributed by atoms with Crippen LogP contribution in [0.5, 0.6) is 5.75 Å². The monoisotopic (exact) mass is 476 g/mol. The van der Waals surface area contributed by atoms with Crippen LogP contribution in [0.3, 0.4) is 0 Å². The number of carbonyl (C=O) groups is 2. The van der Waals surface area contributed by atoms with E-state index in [1.165, 1.54) is 34.7 Å². The maximum absolute atomic E-state index is 13.5. The van der Waals surface area contributed by atoms with E-state index >= 15 is 0 Å². The number of methoxy groups -OCH3 is 1. The van der Waals surface area contributed by atoms with E-state index < -0.39 is 17.7 Å². The summed E-state index contributed by atoms with van der Waals surface area (Å²) >= 11 is 2.62. The van der Waals surface area contributed by atoms with Crippen LogP contribution in [0.25, 0.3) is 10.2 Å². The number of fused-ring (bicyclic) bond motifs is 1. The van der Waals surface area contributed by atoms with Gasteiger partial charge in [-0.15, -0.1) is 11.3 Å². The molecule has 8 heteroatoms. The zero-order chi connectivity index (χ0) is 23.3. The Morgan fingerprint density at radius 3 is 2.67 bits per heavy atom. The van der Waals surface area contributed by atoms with Crippen molar-refractivity contribution in [2.45, 2.75) is 19.9 Å². The van der Waals surface area contributed by atoms with Crippen molar-refractivity contribution in [2.24, 2.45) is 0 Å². The smallest absolute Gasteiger partial charge is 0.296 e. The van der Waals surface area contributed by atoms with Gasteiger partial charge < -0.3 is 9.84 Å². The molecule has 1 aliphatic rings. The Hall–Kier alpha value is -3.49. The van der Waals surface area contributed by atoms with Crippen molar-refractivity contribution in [3.8, 4) is 5.75 Å². The summed E-state index contributed by atoms with van der Waals surface area (Å²) in [6, 6.07) is 13.8. The summed E-state index contributed by atoms with van der Waals surface area (Å²) in [6.07, 6.45) is 0. The fourth-order valence-electron chi connectivity index (χ4n) is 4.22. The lowest BCUT2D eigenvalue weighted by molar-refractivity contribution is -0.117. The number of aryl methyl sites for hydroxylation is 2. The number of aliphatic hydroxyl groups is 1. The second-order valence-corrected chi connectivity index (χ2v) is 9.77. The zero-order valence-electron chi connectivity index (χ0n) is 18.2. The van der Waals surface area contributed by atoms with Crippen LogP contribution < -0.4 is 9.64 Å². The van der Waals surface area contributed by atoms with Crippen molar-refractivity contribution in [2.75, 3.05) is 12.0 Å². The summed E-state index contributed by atoms with van der Waals surface area (Å²) in [6.45, 7) is 3.99. The Morgan fingerprint density at radius 1 is 1.15 bits per heavy atom. The summed E-state index contributed by atoms with van der Waals surface area (Å²) < 4.78 is 6.49. The topological polar surface area (TPSA) is 79.7 Å². The fraction of sp³-hybridized carbons (Fsp3) is 0.160. The number of ether oxygens (including phenoxy) is 1. The molecule has 4 aromatic rings. The van der Waals surface area contributed by atoms with Gasteiger partial charge in [0.15, 0.2) is 10.9 Å². The van der Waals surface area contributed by atoms with E-state index in [-0.39, 0.29) is 11.4 Å². The first-order chi connectivity index (χ1) is 15.9. The van der Waals surface area contributed by atoms with Gasteiger partial charge in [-0.05, 0) is 48.6 Å². The van der Waals surface area contributed by atoms with Crippen LogP contribution in [0.1, 0.15) is 32.4 Å². The number of ketones is 1. The lowest BCUT2D eigenvalue weighted by atomic mass is 9.95. The average Bonchev–Trinajstić information content (AvgIpc) is 3.52. The molecule has 166 valence electrons. The molecule has 6 nitrogen and oxygen atoms in total. The van der Waals surface area contributed by atoms with Crippen molar-refractivity contribution in [3.63, 3.8) is 0 Å². The van der Waals surface area contributed by atoms with Gasteiger partial charge in [0, 0.05) is 5.56 Å². The van der Waals surface area contributed by atoms with Crippen molar-refractivity contribution in [1.82, 2.24) is 4.98 Å². The summed E-state index contributed by atoms with van der Waals surface area (Å²) in [4.78, 5) is 33.4. The zero-order valence-corrected chi connectivity index (χ0v) is 19.8. The van der Waals surface area contributed by atoms with Gasteiger partial charge in [0.1, 0.15) is 11.8 Å². The molecule has 0 fully saturated rings. The van der Waals surface area contributed by atoms with E-state index in [0.29, 0.717) is 21.3 Å². The fourth-order valence-corrected chi connectivity index (χ4v) is 6.07. The first kappa shape index (κ1) is 21.4. The highest BCUT2D eigenvalue weighted by atomic mass is 32.1. The highest BCUT2D eigenvalue weighted by Gasteiger charge is 2.47. The Morgan fingerprint density at radius 2 is 1.94 bits per heavy atom. The third-order valence-corrected chi connectivity index (χ3v) is 7.53. The molecule has 33 heavy (non-hydrogen) atoms. The maximum atomic E-state index is 13.5. The second-order valence-electron chi connectivity index (χ2n) is 7.81. The second kappa shape index (κ2) is 8.13. The molecule has 0 saturated carbocycles. The van der Waals surface area contributed by atoms with Crippen LogP contribution in [0.4, 0.5) is 5.13 Å². The molecule has 0 radical (unpaired) electrons. The van der Waals surface area contributed by atoms with Crippen LogP contribution in [-0.4, -0.2) is 28.9 Å². The highest BCUT2D eigenvalue weighted by Crippen LogP contribution is 2.46. The first-order valence-electron chi connectivity index (χ1n) is 10.3. The van der Waals surface area contributed by atoms with Crippen LogP contribution in [-0.2, 0) is 4.79 Å². The average molecular weight is 477 g/mol. The number of aliphatic hydroxyl groups excluding tert-OH is 1. The van der Waals surface area contributed by atoms with Gasteiger partial charge in [0.25, 0.3) is 5.91 Å². The number of para-hydroxylation sites is 1. The van der Waals surface area contributed by atoms with E-state index in [9.17, 15) is 14.7 Å². The van der Waals surface area contributed by atoms with Gasteiger partial charge in [-0.1, -0.05) is 41.7 Å². The number of amides is 1. The van der Waals surface area contributed by atoms with Gasteiger partial charge in [0.05, 0.1) is 27.8 Å². The number of hydrogen-bond acceptors (Lipinski definition) is 7. The number of thiophene rings is 1. The molecule has 1 amide bonds. The Bertz CT molecular complexity index is 1440. The number of thiazole rings is 1. The van der Waals surface area contributed by atoms with Gasteiger partial charge in [-0.3, -0.25) is 14.5 Å². The molecular formula is C25H20N2O4S2. The molecule has 5 rings (SSSR count). The van der Waals surface area contributed by atoms with E-state index in [0.717, 1.165) is 21.3 Å². The molecular weight excluding hydrogens is 456 g/mol. The Balaban J connectivity index is 1.73. The van der Waals surface area contributed by atoms with Gasteiger partial charge in [-0.25, -0.2) is 4.98 Å². The predicted molar refractivity (Wildman–Crippen MR) is 131 cm³/mol. The standard InChI is InChI=1S/C25H20N2O4S2/c1-13-11-14(2)20-18(12-13)33-25(26-20)27-21(15-7-4-5-8-16(15)31-3)19(23(29)24(27)30)22(28)17-9-6-10-32-17/h4-12,21,29H,1-3H3. The van der Waals surface area contributed by atoms with E-state index in [1.54, 1.807) is 29.6 Å². The molecule has 1 N–H and O–H groups in total. The molecule has 1 unspecified atom stereocenters. The molecule has 0 aliphatic carbocycles. The molecule has 0 bridgehead atoms. The van der Waals surface area contributed by atoms with Crippen LogP contribution >= 0.6 is 22.7 Å². The number of aromatic nitrogens is 1. The Labute approximate surface area is 198 Å². The number of hydrogen-bond donors (Lipinski definition) is 1. The highest BCUT2D eigenvalue weighted by molar-refractivity contribution is 7.22. The van der Waals surface area contributed by atoms with E-state index in [4.69, 9.17) is 9.72 Å². The number of benzene rings is 2. The first-order valence-corrected chi connectivity index (χ1v) is 12.0. The predicted octanol–water partition coefficient (Wildman–Crippen LogP) is 5.77. The molecule has 0 spiro atoms. The minimum absolute atomic E-state index is 0.0270. The van der Waals surface area contributed by atoms with Crippen molar-refractivity contribution >= 4 is 49.7 Å². The molecule has 0 saturated heterocycles. The minimum atomic E-state index is -0.870. The molecule has 2 aromatic carbocycles. The van der Waals surface area contributed by atoms with E-state index in [1.807, 2.05) is 38.1 Å². The number of rotatable bonds is 5. The minimum Gasteiger partial charge on any atom is -0.503 e. The molecule has 2 aromatic heterocycles.